The lowest BCUT2D eigenvalue weighted by Crippen LogP contribution is -2.30. The van der Waals surface area contributed by atoms with Crippen molar-refractivity contribution in [2.45, 2.75) is 52.1 Å². The molecule has 0 atom stereocenters. The second-order valence-corrected chi connectivity index (χ2v) is 5.95. The van der Waals surface area contributed by atoms with Gasteiger partial charge in [0.15, 0.2) is 0 Å². The smallest absolute Gasteiger partial charge is 0.225 e. The molecule has 0 radical (unpaired) electrons. The van der Waals surface area contributed by atoms with E-state index in [0.29, 0.717) is 18.5 Å². The summed E-state index contributed by atoms with van der Waals surface area (Å²) in [7, 11) is 0. The average Bonchev–Trinajstić information content (AvgIpc) is 3.25. The largest absolute Gasteiger partial charge is 0.369 e. The summed E-state index contributed by atoms with van der Waals surface area (Å²) in [6, 6.07) is 9.24. The summed E-state index contributed by atoms with van der Waals surface area (Å²) in [5.74, 6) is 0.0760. The molecule has 4 heteroatoms. The van der Waals surface area contributed by atoms with Gasteiger partial charge in [0.05, 0.1) is 0 Å². The number of carbonyl (C=O) groups is 1. The van der Waals surface area contributed by atoms with Gasteiger partial charge in [0.25, 0.3) is 0 Å². The van der Waals surface area contributed by atoms with Crippen molar-refractivity contribution in [2.24, 2.45) is 0 Å². The van der Waals surface area contributed by atoms with Crippen molar-refractivity contribution >= 4 is 17.3 Å². The summed E-state index contributed by atoms with van der Waals surface area (Å²) in [5, 5.41) is 6.30. The maximum absolute atomic E-state index is 11.8. The van der Waals surface area contributed by atoms with Crippen LogP contribution in [0.15, 0.2) is 24.3 Å². The highest BCUT2D eigenvalue weighted by Crippen LogP contribution is 2.20. The minimum atomic E-state index is 0.0760. The zero-order chi connectivity index (χ0) is 15.2. The predicted octanol–water partition coefficient (Wildman–Crippen LogP) is 3.00. The Morgan fingerprint density at radius 1 is 1.29 bits per heavy atom. The Morgan fingerprint density at radius 3 is 2.48 bits per heavy atom. The number of amides is 1. The highest BCUT2D eigenvalue weighted by atomic mass is 16.1. The SMILES string of the molecule is CCN(c1ccc(NC(=O)CCNC2CC2)cc1)C(C)C. The quantitative estimate of drug-likeness (QED) is 0.773. The van der Waals surface area contributed by atoms with E-state index in [4.69, 9.17) is 0 Å². The van der Waals surface area contributed by atoms with Gasteiger partial charge in [0, 0.05) is 43.0 Å². The highest BCUT2D eigenvalue weighted by molar-refractivity contribution is 5.91. The van der Waals surface area contributed by atoms with Crippen LogP contribution in [0.4, 0.5) is 11.4 Å². The zero-order valence-corrected chi connectivity index (χ0v) is 13.4. The van der Waals surface area contributed by atoms with Gasteiger partial charge in [-0.3, -0.25) is 4.79 Å². The third kappa shape index (κ3) is 5.05. The van der Waals surface area contributed by atoms with E-state index in [1.165, 1.54) is 18.5 Å². The molecule has 1 aromatic carbocycles. The van der Waals surface area contributed by atoms with Gasteiger partial charge in [-0.25, -0.2) is 0 Å². The van der Waals surface area contributed by atoms with Crippen LogP contribution in [-0.4, -0.2) is 31.1 Å². The second-order valence-electron chi connectivity index (χ2n) is 5.95. The van der Waals surface area contributed by atoms with Crippen molar-refractivity contribution in [1.82, 2.24) is 5.32 Å². The van der Waals surface area contributed by atoms with Crippen LogP contribution in [0.2, 0.25) is 0 Å². The summed E-state index contributed by atoms with van der Waals surface area (Å²) in [5.41, 5.74) is 2.07. The molecule has 0 unspecified atom stereocenters. The van der Waals surface area contributed by atoms with Gasteiger partial charge in [-0.15, -0.1) is 0 Å². The fourth-order valence-electron chi connectivity index (χ4n) is 2.48. The van der Waals surface area contributed by atoms with Crippen molar-refractivity contribution in [1.29, 1.82) is 0 Å². The number of carbonyl (C=O) groups excluding carboxylic acids is 1. The van der Waals surface area contributed by atoms with Gasteiger partial charge >= 0.3 is 0 Å². The molecule has 2 N–H and O–H groups in total. The van der Waals surface area contributed by atoms with Gasteiger partial charge in [-0.1, -0.05) is 0 Å². The van der Waals surface area contributed by atoms with Crippen molar-refractivity contribution in [3.05, 3.63) is 24.3 Å². The van der Waals surface area contributed by atoms with E-state index in [1.807, 2.05) is 12.1 Å². The monoisotopic (exact) mass is 289 g/mol. The van der Waals surface area contributed by atoms with Gasteiger partial charge in [0.2, 0.25) is 5.91 Å². The Labute approximate surface area is 127 Å². The van der Waals surface area contributed by atoms with E-state index in [9.17, 15) is 4.79 Å². The van der Waals surface area contributed by atoms with E-state index >= 15 is 0 Å². The van der Waals surface area contributed by atoms with E-state index in [2.05, 4.69) is 48.4 Å². The molecule has 116 valence electrons. The zero-order valence-electron chi connectivity index (χ0n) is 13.4. The van der Waals surface area contributed by atoms with Crippen LogP contribution in [-0.2, 0) is 4.79 Å². The first-order chi connectivity index (χ1) is 10.1. The Kier molecular flexibility index (Phi) is 5.62. The Balaban J connectivity index is 1.81. The van der Waals surface area contributed by atoms with Crippen LogP contribution in [0.25, 0.3) is 0 Å². The summed E-state index contributed by atoms with van der Waals surface area (Å²) in [4.78, 5) is 14.2. The minimum Gasteiger partial charge on any atom is -0.369 e. The average molecular weight is 289 g/mol. The van der Waals surface area contributed by atoms with Gasteiger partial charge in [-0.05, 0) is 57.9 Å². The topological polar surface area (TPSA) is 44.4 Å². The van der Waals surface area contributed by atoms with E-state index in [-0.39, 0.29) is 5.91 Å². The van der Waals surface area contributed by atoms with Crippen LogP contribution in [0.5, 0.6) is 0 Å². The molecular weight excluding hydrogens is 262 g/mol. The number of hydrogen-bond acceptors (Lipinski definition) is 3. The normalized spacial score (nSPS) is 14.3. The van der Waals surface area contributed by atoms with Crippen LogP contribution in [0, 0.1) is 0 Å². The number of nitrogens with one attached hydrogen (secondary N) is 2. The lowest BCUT2D eigenvalue weighted by atomic mass is 10.2. The van der Waals surface area contributed by atoms with Gasteiger partial charge in [0.1, 0.15) is 0 Å². The Bertz CT molecular complexity index is 452. The first kappa shape index (κ1) is 15.8. The standard InChI is InChI=1S/C17H27N3O/c1-4-20(13(2)3)16-9-7-15(8-10-16)19-17(21)11-12-18-14-5-6-14/h7-10,13-14,18H,4-6,11-12H2,1-3H3,(H,19,21). The minimum absolute atomic E-state index is 0.0760. The molecule has 0 aliphatic heterocycles. The van der Waals surface area contributed by atoms with E-state index in [1.54, 1.807) is 0 Å². The Morgan fingerprint density at radius 2 is 1.95 bits per heavy atom. The first-order valence-corrected chi connectivity index (χ1v) is 8.00. The molecule has 0 bridgehead atoms. The second kappa shape index (κ2) is 7.46. The fraction of sp³-hybridized carbons (Fsp3) is 0.588. The first-order valence-electron chi connectivity index (χ1n) is 8.00. The van der Waals surface area contributed by atoms with E-state index < -0.39 is 0 Å². The lowest BCUT2D eigenvalue weighted by molar-refractivity contribution is -0.116. The summed E-state index contributed by atoms with van der Waals surface area (Å²) >= 11 is 0. The van der Waals surface area contributed by atoms with E-state index in [0.717, 1.165) is 18.8 Å². The van der Waals surface area contributed by atoms with Crippen LogP contribution in [0.3, 0.4) is 0 Å². The molecule has 1 saturated carbocycles. The fourth-order valence-corrected chi connectivity index (χ4v) is 2.48. The van der Waals surface area contributed by atoms with Crippen molar-refractivity contribution in [2.75, 3.05) is 23.3 Å². The van der Waals surface area contributed by atoms with Crippen LogP contribution >= 0.6 is 0 Å². The summed E-state index contributed by atoms with van der Waals surface area (Å²) in [6.45, 7) is 8.28. The number of rotatable bonds is 8. The molecule has 1 aromatic rings. The van der Waals surface area contributed by atoms with Crippen LogP contribution in [0.1, 0.15) is 40.0 Å². The molecule has 1 aliphatic carbocycles. The number of nitrogens with zero attached hydrogens (tertiary/aromatic N) is 1. The molecule has 21 heavy (non-hydrogen) atoms. The molecule has 2 rings (SSSR count). The summed E-state index contributed by atoms with van der Waals surface area (Å²) in [6.07, 6.45) is 3.05. The molecule has 4 nitrogen and oxygen atoms in total. The number of anilines is 2. The lowest BCUT2D eigenvalue weighted by Gasteiger charge is -2.27. The third-order valence-electron chi connectivity index (χ3n) is 3.81. The highest BCUT2D eigenvalue weighted by Gasteiger charge is 2.20. The molecular formula is C17H27N3O. The van der Waals surface area contributed by atoms with Gasteiger partial charge in [-0.2, -0.15) is 0 Å². The maximum atomic E-state index is 11.8. The Hall–Kier alpha value is -1.55. The molecule has 1 aliphatic rings. The van der Waals surface area contributed by atoms with Crippen LogP contribution < -0.4 is 15.5 Å². The van der Waals surface area contributed by atoms with Crippen molar-refractivity contribution in [3.8, 4) is 0 Å². The molecule has 1 amide bonds. The molecule has 0 saturated heterocycles. The third-order valence-corrected chi connectivity index (χ3v) is 3.81. The molecule has 0 spiro atoms. The molecule has 0 heterocycles. The van der Waals surface area contributed by atoms with Crippen molar-refractivity contribution in [3.63, 3.8) is 0 Å². The summed E-state index contributed by atoms with van der Waals surface area (Å²) < 4.78 is 0. The predicted molar refractivity (Wildman–Crippen MR) is 88.9 cm³/mol. The maximum Gasteiger partial charge on any atom is 0.225 e. The number of hydrogen-bond donors (Lipinski definition) is 2. The number of benzene rings is 1. The molecule has 0 aromatic heterocycles. The van der Waals surface area contributed by atoms with Crippen molar-refractivity contribution < 1.29 is 4.79 Å². The molecule has 1 fully saturated rings. The van der Waals surface area contributed by atoms with Gasteiger partial charge < -0.3 is 15.5 Å².